The average Bonchev–Trinajstić information content (AvgIpc) is 2.01. The van der Waals surface area contributed by atoms with E-state index in [1.165, 1.54) is 0 Å². The first-order valence-electron chi connectivity index (χ1n) is 2.20. The van der Waals surface area contributed by atoms with Gasteiger partial charge in [0.2, 0.25) is 0 Å². The summed E-state index contributed by atoms with van der Waals surface area (Å²) in [6.45, 7) is -0.501. The third-order valence-electron chi connectivity index (χ3n) is 0.723. The number of aliphatic hydroxyl groups excluding tert-OH is 1. The first kappa shape index (κ1) is 9.11. The van der Waals surface area contributed by atoms with Crippen molar-refractivity contribution in [1.82, 2.24) is 0 Å². The summed E-state index contributed by atoms with van der Waals surface area (Å²) in [5, 5.41) is 8.22. The Hall–Kier alpha value is -0.890. The average molecular weight is 167 g/mol. The lowest BCUT2D eigenvalue weighted by Gasteiger charge is -2.09. The van der Waals surface area contributed by atoms with Crippen LogP contribution >= 0.6 is 10.6 Å². The summed E-state index contributed by atoms with van der Waals surface area (Å²) in [5.74, 6) is -0.385. The molecule has 58 valence electrons. The second kappa shape index (κ2) is 4.01. The van der Waals surface area contributed by atoms with Crippen LogP contribution in [0.25, 0.3) is 0 Å². The molecule has 10 heavy (non-hydrogen) atoms. The Balaban J connectivity index is 4.29. The van der Waals surface area contributed by atoms with Crippen LogP contribution < -0.4 is 0 Å². The molecule has 0 bridgehead atoms. The molecule has 0 heterocycles. The number of nitrogens with zero attached hydrogens (tertiary/aromatic N) is 3. The minimum Gasteiger partial charge on any atom is -0.395 e. The Morgan fingerprint density at radius 1 is 1.10 bits per heavy atom. The Morgan fingerprint density at radius 3 is 1.60 bits per heavy atom. The van der Waals surface area contributed by atoms with Crippen LogP contribution in [-0.2, 0) is 0 Å². The van der Waals surface area contributed by atoms with Crippen molar-refractivity contribution in [2.24, 2.45) is 13.7 Å². The Bertz CT molecular complexity index is 128. The molecule has 0 unspecified atom stereocenters. The first-order chi connectivity index (χ1) is 4.74. The number of hydrogen-bond donors (Lipinski definition) is 1. The fraction of sp³-hybridized carbons (Fsp3) is 1.00. The van der Waals surface area contributed by atoms with Gasteiger partial charge in [0.05, 0.1) is 12.4 Å². The number of hydrogen-bond acceptors (Lipinski definition) is 7. The van der Waals surface area contributed by atoms with Crippen molar-refractivity contribution in [3.8, 4) is 0 Å². The molecule has 0 amide bonds. The predicted molar refractivity (Wildman–Crippen MR) is 36.9 cm³/mol. The zero-order valence-electron chi connectivity index (χ0n) is 4.84. The highest BCUT2D eigenvalue weighted by Crippen LogP contribution is 2.51. The van der Waals surface area contributed by atoms with E-state index in [0.29, 0.717) is 0 Å². The van der Waals surface area contributed by atoms with Gasteiger partial charge >= 0.3 is 0 Å². The SMILES string of the molecule is O=NS(CCO)(N=O)N=O. The molecule has 0 rings (SSSR count). The summed E-state index contributed by atoms with van der Waals surface area (Å²) in [7, 11) is -3.20. The summed E-state index contributed by atoms with van der Waals surface area (Å²) in [4.78, 5) is 29.3. The first-order valence-corrected chi connectivity index (χ1v) is 3.87. The summed E-state index contributed by atoms with van der Waals surface area (Å²) in [5.41, 5.74) is 0. The van der Waals surface area contributed by atoms with Crippen molar-refractivity contribution in [1.29, 1.82) is 0 Å². The Labute approximate surface area is 57.4 Å². The van der Waals surface area contributed by atoms with E-state index in [4.69, 9.17) is 5.11 Å². The number of rotatable bonds is 5. The van der Waals surface area contributed by atoms with Crippen molar-refractivity contribution in [3.05, 3.63) is 14.7 Å². The van der Waals surface area contributed by atoms with E-state index in [9.17, 15) is 14.7 Å². The lowest BCUT2D eigenvalue weighted by atomic mass is 10.9. The molecular weight excluding hydrogens is 162 g/mol. The van der Waals surface area contributed by atoms with Crippen LogP contribution in [0.5, 0.6) is 0 Å². The van der Waals surface area contributed by atoms with Gasteiger partial charge in [-0.3, -0.25) is 0 Å². The van der Waals surface area contributed by atoms with Gasteiger partial charge in [-0.1, -0.05) is 0 Å². The second-order valence-corrected chi connectivity index (χ2v) is 3.40. The zero-order valence-corrected chi connectivity index (χ0v) is 5.65. The fourth-order valence-corrected chi connectivity index (χ4v) is 0.825. The van der Waals surface area contributed by atoms with Gasteiger partial charge in [0.25, 0.3) is 0 Å². The smallest absolute Gasteiger partial charge is 0.171 e. The van der Waals surface area contributed by atoms with Crippen LogP contribution in [0.1, 0.15) is 0 Å². The van der Waals surface area contributed by atoms with E-state index in [-0.39, 0.29) is 5.75 Å². The standard InChI is InChI=1S/C2H5N3O4S/c6-1-2-10(3-7,4-8)5-9/h6H,1-2H2. The van der Waals surface area contributed by atoms with Gasteiger partial charge in [0.1, 0.15) is 0 Å². The molecule has 0 fully saturated rings. The third-order valence-corrected chi connectivity index (χ3v) is 2.17. The van der Waals surface area contributed by atoms with Crippen LogP contribution in [0.4, 0.5) is 0 Å². The molecule has 1 N–H and O–H groups in total. The van der Waals surface area contributed by atoms with Crippen LogP contribution in [0.3, 0.4) is 0 Å². The second-order valence-electron chi connectivity index (χ2n) is 1.28. The molecule has 7 nitrogen and oxygen atoms in total. The van der Waals surface area contributed by atoms with E-state index < -0.39 is 17.2 Å². The molecule has 0 radical (unpaired) electrons. The maximum absolute atomic E-state index is 9.77. The van der Waals surface area contributed by atoms with Crippen LogP contribution in [-0.4, -0.2) is 17.5 Å². The fourth-order valence-electron chi connectivity index (χ4n) is 0.275. The molecule has 0 aliphatic rings. The summed E-state index contributed by atoms with van der Waals surface area (Å²) in [6, 6.07) is 0. The van der Waals surface area contributed by atoms with Crippen LogP contribution in [0.2, 0.25) is 0 Å². The molecule has 0 aromatic rings. The zero-order chi connectivity index (χ0) is 8.04. The molecule has 8 heteroatoms. The molecular formula is C2H5N3O4S. The molecule has 0 aromatic carbocycles. The predicted octanol–water partition coefficient (Wildman–Crippen LogP) is 0.827. The van der Waals surface area contributed by atoms with Gasteiger partial charge in [-0.2, -0.15) is 0 Å². The van der Waals surface area contributed by atoms with Crippen LogP contribution in [0.15, 0.2) is 13.7 Å². The van der Waals surface area contributed by atoms with Gasteiger partial charge in [-0.15, -0.1) is 14.7 Å². The maximum atomic E-state index is 9.77. The summed E-state index contributed by atoms with van der Waals surface area (Å²) < 4.78 is 6.48. The molecule has 0 saturated carbocycles. The van der Waals surface area contributed by atoms with Crippen molar-refractivity contribution < 1.29 is 5.11 Å². The van der Waals surface area contributed by atoms with E-state index in [1.807, 2.05) is 0 Å². The number of nitroso groups, excluding NO2 is 3. The molecule has 0 aliphatic heterocycles. The summed E-state index contributed by atoms with van der Waals surface area (Å²) in [6.07, 6.45) is 0. The van der Waals surface area contributed by atoms with Crippen LogP contribution in [0, 0.1) is 14.7 Å². The van der Waals surface area contributed by atoms with E-state index in [0.717, 1.165) is 0 Å². The normalized spacial score (nSPS) is 12.1. The van der Waals surface area contributed by atoms with Gasteiger partial charge in [0.15, 0.2) is 10.6 Å². The minimum atomic E-state index is -3.20. The Kier molecular flexibility index (Phi) is 3.65. The summed E-state index contributed by atoms with van der Waals surface area (Å²) >= 11 is 0. The maximum Gasteiger partial charge on any atom is 0.171 e. The van der Waals surface area contributed by atoms with Gasteiger partial charge in [0, 0.05) is 13.7 Å². The van der Waals surface area contributed by atoms with Crippen molar-refractivity contribution in [2.75, 3.05) is 12.4 Å². The lowest BCUT2D eigenvalue weighted by molar-refractivity contribution is 0.321. The minimum absolute atomic E-state index is 0.385. The lowest BCUT2D eigenvalue weighted by Crippen LogP contribution is -1.98. The molecule has 0 aliphatic carbocycles. The largest absolute Gasteiger partial charge is 0.395 e. The number of aliphatic hydroxyl groups is 1. The topological polar surface area (TPSA) is 109 Å². The quantitative estimate of drug-likeness (QED) is 0.611. The van der Waals surface area contributed by atoms with Gasteiger partial charge in [-0.25, -0.2) is 0 Å². The molecule has 0 atom stereocenters. The van der Waals surface area contributed by atoms with Gasteiger partial charge in [-0.05, 0) is 0 Å². The molecule has 0 spiro atoms. The van der Waals surface area contributed by atoms with E-state index in [1.54, 1.807) is 0 Å². The monoisotopic (exact) mass is 167 g/mol. The van der Waals surface area contributed by atoms with Crippen molar-refractivity contribution in [3.63, 3.8) is 0 Å². The van der Waals surface area contributed by atoms with Crippen molar-refractivity contribution >= 4 is 10.6 Å². The molecule has 0 saturated heterocycles. The van der Waals surface area contributed by atoms with Crippen molar-refractivity contribution in [2.45, 2.75) is 0 Å². The van der Waals surface area contributed by atoms with E-state index >= 15 is 0 Å². The molecule has 0 aromatic heterocycles. The third kappa shape index (κ3) is 1.81. The highest BCUT2D eigenvalue weighted by Gasteiger charge is 2.27. The Morgan fingerprint density at radius 2 is 1.50 bits per heavy atom. The highest BCUT2D eigenvalue weighted by atomic mass is 32.3. The van der Waals surface area contributed by atoms with Gasteiger partial charge < -0.3 is 5.11 Å². The van der Waals surface area contributed by atoms with E-state index in [2.05, 4.69) is 13.7 Å². The highest BCUT2D eigenvalue weighted by molar-refractivity contribution is 8.30.